The molecule has 5 nitrogen and oxygen atoms in total. The third-order valence-electron chi connectivity index (χ3n) is 3.74. The lowest BCUT2D eigenvalue weighted by Gasteiger charge is -2.14. The van der Waals surface area contributed by atoms with Crippen LogP contribution in [0.3, 0.4) is 0 Å². The van der Waals surface area contributed by atoms with Gasteiger partial charge in [0.2, 0.25) is 0 Å². The van der Waals surface area contributed by atoms with Crippen molar-refractivity contribution in [3.05, 3.63) is 53.7 Å². The van der Waals surface area contributed by atoms with Gasteiger partial charge in [0.05, 0.1) is 11.7 Å². The molecule has 0 spiro atoms. The first-order chi connectivity index (χ1) is 11.2. The summed E-state index contributed by atoms with van der Waals surface area (Å²) in [4.78, 5) is 16.6. The number of carbonyl (C=O) groups is 1. The number of para-hydroxylation sites is 1. The summed E-state index contributed by atoms with van der Waals surface area (Å²) in [6, 6.07) is 10.9. The molecular formula is C18H20N2O3. The highest BCUT2D eigenvalue weighted by Crippen LogP contribution is 2.21. The number of anilines is 1. The number of hydrogen-bond donors (Lipinski definition) is 1. The van der Waals surface area contributed by atoms with Gasteiger partial charge < -0.3 is 14.8 Å². The maximum atomic E-state index is 12.5. The molecule has 1 aromatic heterocycles. The van der Waals surface area contributed by atoms with Crippen LogP contribution in [0.25, 0.3) is 0 Å². The lowest BCUT2D eigenvalue weighted by Crippen LogP contribution is -2.19. The highest BCUT2D eigenvalue weighted by atomic mass is 16.5. The minimum absolute atomic E-state index is 0.115. The molecule has 1 amide bonds. The molecule has 1 aliphatic heterocycles. The molecule has 1 N–H and O–H groups in total. The lowest BCUT2D eigenvalue weighted by molar-refractivity contribution is 0.0673. The predicted molar refractivity (Wildman–Crippen MR) is 87.8 cm³/mol. The molecule has 1 atom stereocenters. The number of ether oxygens (including phenoxy) is 2. The van der Waals surface area contributed by atoms with Crippen LogP contribution in [0.5, 0.6) is 5.75 Å². The molecule has 0 unspecified atom stereocenters. The van der Waals surface area contributed by atoms with E-state index in [9.17, 15) is 4.79 Å². The Kier molecular flexibility index (Phi) is 4.88. The lowest BCUT2D eigenvalue weighted by atomic mass is 10.2. The Morgan fingerprint density at radius 2 is 2.26 bits per heavy atom. The van der Waals surface area contributed by atoms with E-state index >= 15 is 0 Å². The maximum absolute atomic E-state index is 12.5. The van der Waals surface area contributed by atoms with Gasteiger partial charge in [-0.15, -0.1) is 0 Å². The smallest absolute Gasteiger partial charge is 0.260 e. The molecule has 0 saturated carbocycles. The van der Waals surface area contributed by atoms with Gasteiger partial charge in [-0.05, 0) is 49.6 Å². The third kappa shape index (κ3) is 4.07. The molecule has 0 radical (unpaired) electrons. The van der Waals surface area contributed by atoms with Crippen molar-refractivity contribution in [1.82, 2.24) is 4.98 Å². The van der Waals surface area contributed by atoms with Gasteiger partial charge in [0.15, 0.2) is 0 Å². The molecule has 0 aliphatic carbocycles. The van der Waals surface area contributed by atoms with Gasteiger partial charge in [0.1, 0.15) is 18.2 Å². The van der Waals surface area contributed by atoms with Gasteiger partial charge in [-0.1, -0.05) is 12.1 Å². The van der Waals surface area contributed by atoms with E-state index in [4.69, 9.17) is 9.47 Å². The number of aromatic nitrogens is 1. The molecule has 3 rings (SSSR count). The standard InChI is InChI=1S/C18H20N2O3/c1-13-8-9-19-17(11-13)20-18(21)15-6-2-3-7-16(15)23-12-14-5-4-10-22-14/h2-3,6-9,11,14H,4-5,10,12H2,1H3,(H,19,20,21)/t14-/m1/s1. The largest absolute Gasteiger partial charge is 0.490 e. The van der Waals surface area contributed by atoms with Crippen LogP contribution in [0.15, 0.2) is 42.6 Å². The molecule has 1 aromatic carbocycles. The maximum Gasteiger partial charge on any atom is 0.260 e. The van der Waals surface area contributed by atoms with E-state index in [1.54, 1.807) is 18.3 Å². The van der Waals surface area contributed by atoms with Gasteiger partial charge in [-0.3, -0.25) is 4.79 Å². The van der Waals surface area contributed by atoms with E-state index in [0.29, 0.717) is 23.7 Å². The molecule has 1 fully saturated rings. The topological polar surface area (TPSA) is 60.5 Å². The van der Waals surface area contributed by atoms with E-state index in [-0.39, 0.29) is 12.0 Å². The molecule has 23 heavy (non-hydrogen) atoms. The second-order valence-electron chi connectivity index (χ2n) is 5.61. The minimum Gasteiger partial charge on any atom is -0.490 e. The first-order valence-corrected chi connectivity index (χ1v) is 7.80. The Bertz CT molecular complexity index is 681. The zero-order valence-electron chi connectivity index (χ0n) is 13.1. The van der Waals surface area contributed by atoms with E-state index < -0.39 is 0 Å². The van der Waals surface area contributed by atoms with Gasteiger partial charge in [-0.2, -0.15) is 0 Å². The van der Waals surface area contributed by atoms with Crippen LogP contribution in [-0.4, -0.2) is 30.2 Å². The van der Waals surface area contributed by atoms with E-state index in [0.717, 1.165) is 25.0 Å². The third-order valence-corrected chi connectivity index (χ3v) is 3.74. The average Bonchev–Trinajstić information content (AvgIpc) is 3.06. The summed E-state index contributed by atoms with van der Waals surface area (Å²) in [7, 11) is 0. The van der Waals surface area contributed by atoms with Crippen molar-refractivity contribution < 1.29 is 14.3 Å². The SMILES string of the molecule is Cc1ccnc(NC(=O)c2ccccc2OC[C@H]2CCCO2)c1. The highest BCUT2D eigenvalue weighted by Gasteiger charge is 2.18. The second kappa shape index (κ2) is 7.24. The molecule has 1 saturated heterocycles. The normalized spacial score (nSPS) is 17.0. The number of hydrogen-bond acceptors (Lipinski definition) is 4. The van der Waals surface area contributed by atoms with E-state index in [1.165, 1.54) is 0 Å². The summed E-state index contributed by atoms with van der Waals surface area (Å²) in [6.07, 6.45) is 3.85. The molecule has 5 heteroatoms. The van der Waals surface area contributed by atoms with Crippen molar-refractivity contribution in [2.24, 2.45) is 0 Å². The fourth-order valence-corrected chi connectivity index (χ4v) is 2.53. The number of amides is 1. The molecule has 120 valence electrons. The number of carbonyl (C=O) groups excluding carboxylic acids is 1. The summed E-state index contributed by atoms with van der Waals surface area (Å²) in [5.74, 6) is 0.864. The van der Waals surface area contributed by atoms with Gasteiger partial charge in [-0.25, -0.2) is 4.98 Å². The monoisotopic (exact) mass is 312 g/mol. The number of rotatable bonds is 5. The van der Waals surface area contributed by atoms with Crippen LogP contribution in [0.4, 0.5) is 5.82 Å². The van der Waals surface area contributed by atoms with Crippen LogP contribution in [0.2, 0.25) is 0 Å². The quantitative estimate of drug-likeness (QED) is 0.921. The Labute approximate surface area is 135 Å². The van der Waals surface area contributed by atoms with Gasteiger partial charge in [0, 0.05) is 12.8 Å². The van der Waals surface area contributed by atoms with Crippen molar-refractivity contribution in [2.45, 2.75) is 25.9 Å². The van der Waals surface area contributed by atoms with Crippen LogP contribution < -0.4 is 10.1 Å². The van der Waals surface area contributed by atoms with Crippen LogP contribution in [-0.2, 0) is 4.74 Å². The Hall–Kier alpha value is -2.40. The van der Waals surface area contributed by atoms with Crippen molar-refractivity contribution in [2.75, 3.05) is 18.5 Å². The average molecular weight is 312 g/mol. The van der Waals surface area contributed by atoms with Crippen molar-refractivity contribution in [1.29, 1.82) is 0 Å². The zero-order valence-corrected chi connectivity index (χ0v) is 13.1. The highest BCUT2D eigenvalue weighted by molar-refractivity contribution is 6.05. The van der Waals surface area contributed by atoms with Crippen LogP contribution in [0, 0.1) is 6.92 Å². The molecular weight excluding hydrogens is 292 g/mol. The number of nitrogens with zero attached hydrogens (tertiary/aromatic N) is 1. The van der Waals surface area contributed by atoms with E-state index in [2.05, 4.69) is 10.3 Å². The zero-order chi connectivity index (χ0) is 16.1. The minimum atomic E-state index is -0.231. The Morgan fingerprint density at radius 1 is 1.39 bits per heavy atom. The number of nitrogens with one attached hydrogen (secondary N) is 1. The fraction of sp³-hybridized carbons (Fsp3) is 0.333. The fourth-order valence-electron chi connectivity index (χ4n) is 2.53. The van der Waals surface area contributed by atoms with Gasteiger partial charge >= 0.3 is 0 Å². The number of aryl methyl sites for hydroxylation is 1. The summed E-state index contributed by atoms with van der Waals surface area (Å²) >= 11 is 0. The van der Waals surface area contributed by atoms with Gasteiger partial charge in [0.25, 0.3) is 5.91 Å². The Morgan fingerprint density at radius 3 is 3.04 bits per heavy atom. The summed E-state index contributed by atoms with van der Waals surface area (Å²) in [5, 5.41) is 2.81. The molecule has 2 aromatic rings. The van der Waals surface area contributed by atoms with Crippen LogP contribution >= 0.6 is 0 Å². The summed E-state index contributed by atoms with van der Waals surface area (Å²) in [5.41, 5.74) is 1.53. The summed E-state index contributed by atoms with van der Waals surface area (Å²) in [6.45, 7) is 3.21. The first-order valence-electron chi connectivity index (χ1n) is 7.80. The molecule has 1 aliphatic rings. The van der Waals surface area contributed by atoms with Crippen LogP contribution in [0.1, 0.15) is 28.8 Å². The van der Waals surface area contributed by atoms with Crippen molar-refractivity contribution in [3.63, 3.8) is 0 Å². The molecule has 2 heterocycles. The van der Waals surface area contributed by atoms with Crippen molar-refractivity contribution in [3.8, 4) is 5.75 Å². The van der Waals surface area contributed by atoms with Crippen molar-refractivity contribution >= 4 is 11.7 Å². The predicted octanol–water partition coefficient (Wildman–Crippen LogP) is 3.20. The number of pyridine rings is 1. The summed E-state index contributed by atoms with van der Waals surface area (Å²) < 4.78 is 11.3. The number of benzene rings is 1. The molecule has 0 bridgehead atoms. The van der Waals surface area contributed by atoms with E-state index in [1.807, 2.05) is 31.2 Å². The Balaban J connectivity index is 1.69. The second-order valence-corrected chi connectivity index (χ2v) is 5.61. The first kappa shape index (κ1) is 15.5.